The molecule has 2 amide bonds. The Morgan fingerprint density at radius 2 is 1.38 bits per heavy atom. The number of halogens is 4. The molecule has 0 fully saturated rings. The number of benzene rings is 2. The molecule has 0 aliphatic heterocycles. The molecule has 8 heteroatoms. The van der Waals surface area contributed by atoms with Crippen molar-refractivity contribution in [3.8, 4) is 0 Å². The van der Waals surface area contributed by atoms with Crippen LogP contribution in [0.2, 0.25) is 5.02 Å². The van der Waals surface area contributed by atoms with Gasteiger partial charge in [-0.2, -0.15) is 0 Å². The van der Waals surface area contributed by atoms with E-state index < -0.39 is 29.3 Å². The van der Waals surface area contributed by atoms with Crippen LogP contribution in [0.3, 0.4) is 0 Å². The molecule has 0 aliphatic carbocycles. The van der Waals surface area contributed by atoms with Crippen LogP contribution in [0.4, 0.5) is 13.2 Å². The first-order valence-corrected chi connectivity index (χ1v) is 7.23. The summed E-state index contributed by atoms with van der Waals surface area (Å²) in [6.45, 7) is 0.00849. The smallest absolute Gasteiger partial charge is 0.254 e. The minimum absolute atomic E-state index is 0.00560. The summed E-state index contributed by atoms with van der Waals surface area (Å²) in [5.74, 6) is -4.37. The largest absolute Gasteiger partial charge is 0.350 e. The second kappa shape index (κ2) is 7.83. The van der Waals surface area contributed by atoms with Gasteiger partial charge in [0.1, 0.15) is 5.82 Å². The number of carbonyl (C=O) groups is 2. The molecular formula is C16H12ClF3N2O2. The van der Waals surface area contributed by atoms with E-state index >= 15 is 0 Å². The van der Waals surface area contributed by atoms with Gasteiger partial charge in [0.25, 0.3) is 11.8 Å². The Kier molecular flexibility index (Phi) is 5.81. The average molecular weight is 357 g/mol. The highest BCUT2D eigenvalue weighted by molar-refractivity contribution is 6.33. The lowest BCUT2D eigenvalue weighted by Gasteiger charge is -2.09. The third kappa shape index (κ3) is 4.26. The van der Waals surface area contributed by atoms with Gasteiger partial charge in [0.05, 0.1) is 16.1 Å². The van der Waals surface area contributed by atoms with Gasteiger partial charge >= 0.3 is 0 Å². The fourth-order valence-electron chi connectivity index (χ4n) is 1.88. The first kappa shape index (κ1) is 17.8. The molecule has 2 aromatic carbocycles. The fraction of sp³-hybridized carbons (Fsp3) is 0.125. The summed E-state index contributed by atoms with van der Waals surface area (Å²) in [6, 6.07) is 6.84. The van der Waals surface area contributed by atoms with Crippen molar-refractivity contribution in [2.75, 3.05) is 13.1 Å². The second-order valence-electron chi connectivity index (χ2n) is 4.74. The number of hydrogen-bond donors (Lipinski definition) is 2. The molecule has 2 N–H and O–H groups in total. The number of nitrogens with one attached hydrogen (secondary N) is 2. The molecule has 2 aromatic rings. The molecular weight excluding hydrogens is 345 g/mol. The Morgan fingerprint density at radius 3 is 2.00 bits per heavy atom. The van der Waals surface area contributed by atoms with Crippen LogP contribution in [-0.2, 0) is 0 Å². The summed E-state index contributed by atoms with van der Waals surface area (Å²) < 4.78 is 39.5. The van der Waals surface area contributed by atoms with Crippen molar-refractivity contribution in [1.82, 2.24) is 10.6 Å². The van der Waals surface area contributed by atoms with Crippen LogP contribution in [0.25, 0.3) is 0 Å². The summed E-state index contributed by atoms with van der Waals surface area (Å²) in [6.07, 6.45) is 0. The van der Waals surface area contributed by atoms with E-state index in [4.69, 9.17) is 11.6 Å². The van der Waals surface area contributed by atoms with Gasteiger partial charge in [-0.1, -0.05) is 23.7 Å². The molecule has 0 heterocycles. The molecule has 2 rings (SSSR count). The van der Waals surface area contributed by atoms with Crippen LogP contribution in [0.15, 0.2) is 36.4 Å². The molecule has 126 valence electrons. The minimum Gasteiger partial charge on any atom is -0.350 e. The fourth-order valence-corrected chi connectivity index (χ4v) is 2.12. The zero-order chi connectivity index (χ0) is 17.7. The summed E-state index contributed by atoms with van der Waals surface area (Å²) in [7, 11) is 0. The van der Waals surface area contributed by atoms with Crippen LogP contribution in [0.1, 0.15) is 20.7 Å². The molecule has 0 saturated heterocycles. The standard InChI is InChI=1S/C16H12ClF3N2O2/c17-11-8-14(20)13(19)7-10(11)16(24)22-6-5-21-15(23)9-3-1-2-4-12(9)18/h1-4,7-8H,5-6H2,(H,21,23)(H,22,24). The third-order valence-electron chi connectivity index (χ3n) is 3.07. The lowest BCUT2D eigenvalue weighted by molar-refractivity contribution is 0.0925. The highest BCUT2D eigenvalue weighted by Gasteiger charge is 2.15. The monoisotopic (exact) mass is 356 g/mol. The van der Waals surface area contributed by atoms with Crippen molar-refractivity contribution in [2.45, 2.75) is 0 Å². The molecule has 0 spiro atoms. The van der Waals surface area contributed by atoms with E-state index in [1.54, 1.807) is 0 Å². The summed E-state index contributed by atoms with van der Waals surface area (Å²) in [5, 5.41) is 4.57. The Hall–Kier alpha value is -2.54. The van der Waals surface area contributed by atoms with Crippen molar-refractivity contribution in [3.63, 3.8) is 0 Å². The highest BCUT2D eigenvalue weighted by Crippen LogP contribution is 2.19. The molecule has 0 saturated carbocycles. The predicted molar refractivity (Wildman–Crippen MR) is 82.4 cm³/mol. The van der Waals surface area contributed by atoms with Gasteiger partial charge in [-0.25, -0.2) is 13.2 Å². The number of hydrogen-bond acceptors (Lipinski definition) is 2. The van der Waals surface area contributed by atoms with E-state index in [1.165, 1.54) is 18.2 Å². The van der Waals surface area contributed by atoms with Crippen LogP contribution in [0.5, 0.6) is 0 Å². The number of rotatable bonds is 5. The molecule has 0 unspecified atom stereocenters. The van der Waals surface area contributed by atoms with Crippen molar-refractivity contribution < 1.29 is 22.8 Å². The maximum Gasteiger partial charge on any atom is 0.254 e. The summed E-state index contributed by atoms with van der Waals surface area (Å²) in [4.78, 5) is 23.6. The van der Waals surface area contributed by atoms with E-state index in [-0.39, 0.29) is 29.2 Å². The van der Waals surface area contributed by atoms with Crippen LogP contribution >= 0.6 is 11.6 Å². The van der Waals surface area contributed by atoms with E-state index in [9.17, 15) is 22.8 Å². The van der Waals surface area contributed by atoms with Gasteiger partial charge < -0.3 is 10.6 Å². The lowest BCUT2D eigenvalue weighted by Crippen LogP contribution is -2.35. The SMILES string of the molecule is O=C(NCCNC(=O)c1cc(F)c(F)cc1Cl)c1ccccc1F. The van der Waals surface area contributed by atoms with E-state index in [1.807, 2.05) is 0 Å². The van der Waals surface area contributed by atoms with E-state index in [0.717, 1.165) is 6.07 Å². The Bertz CT molecular complexity index is 784. The molecule has 0 atom stereocenters. The molecule has 0 aliphatic rings. The number of amides is 2. The maximum atomic E-state index is 13.4. The lowest BCUT2D eigenvalue weighted by atomic mass is 10.2. The predicted octanol–water partition coefficient (Wildman–Crippen LogP) is 2.92. The summed E-state index contributed by atoms with van der Waals surface area (Å²) >= 11 is 5.68. The molecule has 0 bridgehead atoms. The zero-order valence-corrected chi connectivity index (χ0v) is 13.0. The molecule has 4 nitrogen and oxygen atoms in total. The van der Waals surface area contributed by atoms with Crippen molar-refractivity contribution in [3.05, 3.63) is 70.0 Å². The zero-order valence-electron chi connectivity index (χ0n) is 12.2. The molecule has 0 radical (unpaired) electrons. The van der Waals surface area contributed by atoms with Crippen molar-refractivity contribution >= 4 is 23.4 Å². The van der Waals surface area contributed by atoms with Gasteiger partial charge in [-0.05, 0) is 24.3 Å². The van der Waals surface area contributed by atoms with Crippen molar-refractivity contribution in [1.29, 1.82) is 0 Å². The van der Waals surface area contributed by atoms with Crippen LogP contribution in [-0.4, -0.2) is 24.9 Å². The van der Waals surface area contributed by atoms with E-state index in [0.29, 0.717) is 12.1 Å². The normalized spacial score (nSPS) is 10.3. The highest BCUT2D eigenvalue weighted by atomic mass is 35.5. The Morgan fingerprint density at radius 1 is 0.833 bits per heavy atom. The third-order valence-corrected chi connectivity index (χ3v) is 3.38. The molecule has 24 heavy (non-hydrogen) atoms. The van der Waals surface area contributed by atoms with Crippen molar-refractivity contribution in [2.24, 2.45) is 0 Å². The second-order valence-corrected chi connectivity index (χ2v) is 5.15. The minimum atomic E-state index is -1.20. The quantitative estimate of drug-likeness (QED) is 0.639. The van der Waals surface area contributed by atoms with E-state index in [2.05, 4.69) is 10.6 Å². The van der Waals surface area contributed by atoms with Gasteiger partial charge in [0.15, 0.2) is 11.6 Å². The first-order chi connectivity index (χ1) is 11.4. The van der Waals surface area contributed by atoms with Gasteiger partial charge in [-0.3, -0.25) is 9.59 Å². The molecule has 0 aromatic heterocycles. The van der Waals surface area contributed by atoms with Gasteiger partial charge in [-0.15, -0.1) is 0 Å². The van der Waals surface area contributed by atoms with Gasteiger partial charge in [0.2, 0.25) is 0 Å². The van der Waals surface area contributed by atoms with Crippen LogP contribution < -0.4 is 10.6 Å². The maximum absolute atomic E-state index is 13.4. The summed E-state index contributed by atoms with van der Waals surface area (Å²) in [5.41, 5.74) is -0.344. The van der Waals surface area contributed by atoms with Crippen LogP contribution in [0, 0.1) is 17.5 Å². The number of carbonyl (C=O) groups excluding carboxylic acids is 2. The first-order valence-electron chi connectivity index (χ1n) is 6.85. The Labute approximate surface area is 140 Å². The van der Waals surface area contributed by atoms with Gasteiger partial charge in [0, 0.05) is 13.1 Å². The average Bonchev–Trinajstić information content (AvgIpc) is 2.55. The topological polar surface area (TPSA) is 58.2 Å². The Balaban J connectivity index is 1.86.